The van der Waals surface area contributed by atoms with Gasteiger partial charge in [-0.15, -0.1) is 0 Å². The van der Waals surface area contributed by atoms with Crippen LogP contribution in [-0.2, 0) is 13.0 Å². The van der Waals surface area contributed by atoms with Gasteiger partial charge in [-0.25, -0.2) is 0 Å². The lowest BCUT2D eigenvalue weighted by atomic mass is 9.87. The van der Waals surface area contributed by atoms with Crippen LogP contribution >= 0.6 is 0 Å². The van der Waals surface area contributed by atoms with E-state index in [1.165, 1.54) is 11.1 Å². The lowest BCUT2D eigenvalue weighted by Gasteiger charge is -2.24. The van der Waals surface area contributed by atoms with Gasteiger partial charge in [-0.1, -0.05) is 30.3 Å². The first-order valence-electron chi connectivity index (χ1n) is 7.28. The van der Waals surface area contributed by atoms with Gasteiger partial charge in [0.15, 0.2) is 0 Å². The Morgan fingerprint density at radius 1 is 1.19 bits per heavy atom. The average molecular weight is 278 g/mol. The molecule has 0 radical (unpaired) electrons. The first kappa shape index (κ1) is 13.7. The minimum absolute atomic E-state index is 0.115. The molecule has 1 atom stereocenters. The van der Waals surface area contributed by atoms with Crippen molar-refractivity contribution in [1.82, 2.24) is 0 Å². The molecule has 3 nitrogen and oxygen atoms in total. The predicted molar refractivity (Wildman–Crippen MR) is 81.8 cm³/mol. The Morgan fingerprint density at radius 2 is 2.05 bits per heavy atom. The minimum Gasteiger partial charge on any atom is -0.489 e. The molecule has 2 N–H and O–H groups in total. The summed E-state index contributed by atoms with van der Waals surface area (Å²) in [4.78, 5) is 0. The van der Waals surface area contributed by atoms with E-state index in [1.54, 1.807) is 0 Å². The number of ether oxygens (including phenoxy) is 1. The molecule has 3 heteroatoms. The molecule has 3 rings (SSSR count). The monoisotopic (exact) mass is 278 g/mol. The molecule has 1 aliphatic rings. The standard InChI is InChI=1S/C18H18N2O/c19-11-13-5-1-2-6-14(13)12-21-18-10-4-7-15-16(18)8-3-9-17(15)20/h1-2,4-7,10,17H,3,8-9,12,20H2. The number of rotatable bonds is 3. The zero-order chi connectivity index (χ0) is 14.7. The summed E-state index contributed by atoms with van der Waals surface area (Å²) in [6, 6.07) is 15.9. The third-order valence-corrected chi connectivity index (χ3v) is 4.03. The number of hydrogen-bond donors (Lipinski definition) is 1. The first-order chi connectivity index (χ1) is 10.3. The van der Waals surface area contributed by atoms with E-state index in [0.717, 1.165) is 30.6 Å². The third-order valence-electron chi connectivity index (χ3n) is 4.03. The van der Waals surface area contributed by atoms with Crippen LogP contribution in [0.15, 0.2) is 42.5 Å². The summed E-state index contributed by atoms with van der Waals surface area (Å²) in [6.45, 7) is 0.412. The van der Waals surface area contributed by atoms with Crippen LogP contribution in [0.3, 0.4) is 0 Å². The quantitative estimate of drug-likeness (QED) is 0.935. The van der Waals surface area contributed by atoms with E-state index in [1.807, 2.05) is 36.4 Å². The lowest BCUT2D eigenvalue weighted by Crippen LogP contribution is -2.18. The molecule has 1 aliphatic carbocycles. The molecular formula is C18H18N2O. The molecule has 0 saturated carbocycles. The van der Waals surface area contributed by atoms with Crippen molar-refractivity contribution in [2.45, 2.75) is 31.9 Å². The van der Waals surface area contributed by atoms with Crippen molar-refractivity contribution >= 4 is 0 Å². The summed E-state index contributed by atoms with van der Waals surface area (Å²) in [5.74, 6) is 0.899. The number of nitriles is 1. The molecular weight excluding hydrogens is 260 g/mol. The van der Waals surface area contributed by atoms with Gasteiger partial charge in [-0.05, 0) is 42.5 Å². The van der Waals surface area contributed by atoms with E-state index in [4.69, 9.17) is 15.7 Å². The van der Waals surface area contributed by atoms with Crippen LogP contribution in [0, 0.1) is 11.3 Å². The average Bonchev–Trinajstić information content (AvgIpc) is 2.53. The van der Waals surface area contributed by atoms with Crippen LogP contribution in [0.5, 0.6) is 5.75 Å². The van der Waals surface area contributed by atoms with Crippen molar-refractivity contribution in [2.24, 2.45) is 5.73 Å². The Labute approximate surface area is 125 Å². The summed E-state index contributed by atoms with van der Waals surface area (Å²) in [5.41, 5.74) is 10.2. The third kappa shape index (κ3) is 2.76. The van der Waals surface area contributed by atoms with Gasteiger partial charge in [0.1, 0.15) is 12.4 Å². The highest BCUT2D eigenvalue weighted by atomic mass is 16.5. The minimum atomic E-state index is 0.115. The Hall–Kier alpha value is -2.31. The second kappa shape index (κ2) is 5.99. The van der Waals surface area contributed by atoms with Gasteiger partial charge >= 0.3 is 0 Å². The molecule has 21 heavy (non-hydrogen) atoms. The van der Waals surface area contributed by atoms with Gasteiger partial charge in [-0.2, -0.15) is 5.26 Å². The summed E-state index contributed by atoms with van der Waals surface area (Å²) < 4.78 is 5.97. The number of benzene rings is 2. The van der Waals surface area contributed by atoms with Crippen LogP contribution in [0.1, 0.15) is 41.1 Å². The largest absolute Gasteiger partial charge is 0.489 e. The van der Waals surface area contributed by atoms with Crippen LogP contribution < -0.4 is 10.5 Å². The molecule has 2 aromatic rings. The highest BCUT2D eigenvalue weighted by Crippen LogP contribution is 2.34. The summed E-state index contributed by atoms with van der Waals surface area (Å²) in [5, 5.41) is 9.12. The van der Waals surface area contributed by atoms with Crippen molar-refractivity contribution in [3.63, 3.8) is 0 Å². The molecule has 0 aliphatic heterocycles. The van der Waals surface area contributed by atoms with Gasteiger partial charge in [0.2, 0.25) is 0 Å². The molecule has 0 fully saturated rings. The van der Waals surface area contributed by atoms with Crippen molar-refractivity contribution in [1.29, 1.82) is 5.26 Å². The molecule has 0 saturated heterocycles. The van der Waals surface area contributed by atoms with Gasteiger partial charge in [0.05, 0.1) is 11.6 Å². The summed E-state index contributed by atoms with van der Waals surface area (Å²) in [6.07, 6.45) is 3.15. The van der Waals surface area contributed by atoms with Crippen molar-refractivity contribution < 1.29 is 4.74 Å². The second-order valence-electron chi connectivity index (χ2n) is 5.38. The molecule has 0 aromatic heterocycles. The fourth-order valence-corrected chi connectivity index (χ4v) is 2.90. The van der Waals surface area contributed by atoms with Crippen molar-refractivity contribution in [3.8, 4) is 11.8 Å². The van der Waals surface area contributed by atoms with Crippen LogP contribution in [-0.4, -0.2) is 0 Å². The Kier molecular flexibility index (Phi) is 3.89. The topological polar surface area (TPSA) is 59.0 Å². The highest BCUT2D eigenvalue weighted by molar-refractivity contribution is 5.44. The van der Waals surface area contributed by atoms with Crippen molar-refractivity contribution in [2.75, 3.05) is 0 Å². The van der Waals surface area contributed by atoms with Gasteiger partial charge in [-0.3, -0.25) is 0 Å². The summed E-state index contributed by atoms with van der Waals surface area (Å²) >= 11 is 0. The Balaban J connectivity index is 1.83. The van der Waals surface area contributed by atoms with E-state index in [0.29, 0.717) is 12.2 Å². The van der Waals surface area contributed by atoms with E-state index >= 15 is 0 Å². The zero-order valence-corrected chi connectivity index (χ0v) is 11.9. The zero-order valence-electron chi connectivity index (χ0n) is 11.9. The first-order valence-corrected chi connectivity index (χ1v) is 7.28. The summed E-state index contributed by atoms with van der Waals surface area (Å²) in [7, 11) is 0. The highest BCUT2D eigenvalue weighted by Gasteiger charge is 2.19. The maximum absolute atomic E-state index is 9.12. The van der Waals surface area contributed by atoms with E-state index in [2.05, 4.69) is 12.1 Å². The molecule has 106 valence electrons. The molecule has 0 spiro atoms. The molecule has 2 aromatic carbocycles. The Bertz CT molecular complexity index is 688. The SMILES string of the molecule is N#Cc1ccccc1COc1cccc2c1CCCC2N. The van der Waals surface area contributed by atoms with Crippen LogP contribution in [0.25, 0.3) is 0 Å². The van der Waals surface area contributed by atoms with Gasteiger partial charge < -0.3 is 10.5 Å². The smallest absolute Gasteiger partial charge is 0.123 e. The normalized spacial score (nSPS) is 16.9. The number of hydrogen-bond acceptors (Lipinski definition) is 3. The number of nitrogens with zero attached hydrogens (tertiary/aromatic N) is 1. The number of fused-ring (bicyclic) bond motifs is 1. The van der Waals surface area contributed by atoms with Crippen LogP contribution in [0.4, 0.5) is 0 Å². The van der Waals surface area contributed by atoms with E-state index in [9.17, 15) is 0 Å². The van der Waals surface area contributed by atoms with E-state index < -0.39 is 0 Å². The maximum Gasteiger partial charge on any atom is 0.123 e. The predicted octanol–water partition coefficient (Wildman–Crippen LogP) is 3.47. The lowest BCUT2D eigenvalue weighted by molar-refractivity contribution is 0.300. The number of nitrogens with two attached hydrogens (primary N) is 1. The van der Waals surface area contributed by atoms with E-state index in [-0.39, 0.29) is 6.04 Å². The Morgan fingerprint density at radius 3 is 2.90 bits per heavy atom. The van der Waals surface area contributed by atoms with Gasteiger partial charge in [0, 0.05) is 11.6 Å². The van der Waals surface area contributed by atoms with Gasteiger partial charge in [0.25, 0.3) is 0 Å². The fraction of sp³-hybridized carbons (Fsp3) is 0.278. The molecule has 0 amide bonds. The molecule has 0 heterocycles. The maximum atomic E-state index is 9.12. The fourth-order valence-electron chi connectivity index (χ4n) is 2.90. The molecule has 0 bridgehead atoms. The second-order valence-corrected chi connectivity index (χ2v) is 5.38. The molecule has 1 unspecified atom stereocenters. The van der Waals surface area contributed by atoms with Crippen molar-refractivity contribution in [3.05, 3.63) is 64.7 Å². The van der Waals surface area contributed by atoms with Crippen LogP contribution in [0.2, 0.25) is 0 Å².